The van der Waals surface area contributed by atoms with Crippen molar-refractivity contribution in [2.45, 2.75) is 20.8 Å². The van der Waals surface area contributed by atoms with Crippen LogP contribution in [0.4, 0.5) is 0 Å². The van der Waals surface area contributed by atoms with Gasteiger partial charge in [0.1, 0.15) is 11.3 Å². The number of methoxy groups -OCH3 is 3. The first-order valence-electron chi connectivity index (χ1n) is 10.5. The molecular weight excluding hydrogens is 527 g/mol. The Morgan fingerprint density at radius 1 is 0.974 bits per heavy atom. The van der Waals surface area contributed by atoms with Crippen molar-refractivity contribution in [2.24, 2.45) is 0 Å². The Kier molecular flexibility index (Phi) is 16.3. The Hall–Kier alpha value is -3.45. The molecule has 0 saturated carbocycles. The maximum atomic E-state index is 12.1. The average Bonchev–Trinajstić information content (AvgIpc) is 2.86. The fourth-order valence-corrected chi connectivity index (χ4v) is 2.95. The SMILES string of the molecule is C.COCCOCCc1c(C)c2cc(OC)c(O)cc2oc1=O.COc1ccc(O)cc1O.O=[P+]([O-])OO.[HH]. The molecule has 214 valence electrons. The van der Waals surface area contributed by atoms with E-state index >= 15 is 0 Å². The molecule has 0 radical (unpaired) electrons. The van der Waals surface area contributed by atoms with Crippen molar-refractivity contribution in [3.05, 3.63) is 51.9 Å². The van der Waals surface area contributed by atoms with Crippen LogP contribution in [0.25, 0.3) is 11.0 Å². The van der Waals surface area contributed by atoms with Gasteiger partial charge in [0.2, 0.25) is 0 Å². The minimum Gasteiger partial charge on any atom is -0.565 e. The van der Waals surface area contributed by atoms with Crippen LogP contribution in [0.5, 0.6) is 28.7 Å². The van der Waals surface area contributed by atoms with Crippen molar-refractivity contribution >= 4 is 19.2 Å². The van der Waals surface area contributed by atoms with Gasteiger partial charge in [-0.3, -0.25) is 0 Å². The molecule has 13 nitrogen and oxygen atoms in total. The van der Waals surface area contributed by atoms with E-state index in [1.165, 1.54) is 38.5 Å². The summed E-state index contributed by atoms with van der Waals surface area (Å²) >= 11 is 0. The Bertz CT molecular complexity index is 1220. The summed E-state index contributed by atoms with van der Waals surface area (Å²) in [6.45, 7) is 3.26. The third-order valence-corrected chi connectivity index (χ3v) is 4.88. The molecule has 1 aromatic heterocycles. The van der Waals surface area contributed by atoms with Crippen LogP contribution in [0.2, 0.25) is 0 Å². The molecule has 0 bridgehead atoms. The van der Waals surface area contributed by atoms with Crippen molar-refractivity contribution in [2.75, 3.05) is 41.2 Å². The van der Waals surface area contributed by atoms with E-state index in [1.54, 1.807) is 13.2 Å². The molecule has 2 aromatic carbocycles. The van der Waals surface area contributed by atoms with Crippen LogP contribution in [0.3, 0.4) is 0 Å². The van der Waals surface area contributed by atoms with Gasteiger partial charge in [0, 0.05) is 42.7 Å². The van der Waals surface area contributed by atoms with Crippen molar-refractivity contribution in [1.82, 2.24) is 0 Å². The molecule has 0 aliphatic heterocycles. The van der Waals surface area contributed by atoms with E-state index in [0.29, 0.717) is 48.9 Å². The summed E-state index contributed by atoms with van der Waals surface area (Å²) in [6, 6.07) is 7.21. The van der Waals surface area contributed by atoms with E-state index in [1.807, 2.05) is 6.92 Å². The standard InChI is InChI=1S/C16H20O6.C7H8O3.CH4.HO4P.H2/c1-10-11(4-5-21-7-6-19-2)16(18)22-14-9-13(17)15(20-3)8-12(10)14;1-10-7-3-2-5(8)4-6(7)9;;1-4-5(2)3;/h8-9,17H,4-7H2,1-3H3;2-4,8-9H,1H3;1H4;1H;1H. The Labute approximate surface area is 221 Å². The molecular formula is C24H35O13P. The predicted octanol–water partition coefficient (Wildman–Crippen LogP) is 3.50. The van der Waals surface area contributed by atoms with Gasteiger partial charge < -0.3 is 43.6 Å². The zero-order chi connectivity index (χ0) is 28.0. The number of fused-ring (bicyclic) bond motifs is 1. The number of aromatic hydroxyl groups is 3. The highest BCUT2D eigenvalue weighted by Crippen LogP contribution is 2.33. The summed E-state index contributed by atoms with van der Waals surface area (Å²) in [7, 11) is 1.49. The molecule has 14 heteroatoms. The van der Waals surface area contributed by atoms with Crippen molar-refractivity contribution in [3.8, 4) is 28.7 Å². The van der Waals surface area contributed by atoms with E-state index in [-0.39, 0.29) is 26.1 Å². The first kappa shape index (κ1) is 34.6. The van der Waals surface area contributed by atoms with Crippen LogP contribution >= 0.6 is 8.25 Å². The second-order valence-electron chi connectivity index (χ2n) is 7.03. The van der Waals surface area contributed by atoms with Gasteiger partial charge in [-0.2, -0.15) is 0 Å². The van der Waals surface area contributed by atoms with E-state index in [4.69, 9.17) is 48.3 Å². The van der Waals surface area contributed by atoms with E-state index in [0.717, 1.165) is 10.9 Å². The predicted molar refractivity (Wildman–Crippen MR) is 138 cm³/mol. The number of phenols is 3. The average molecular weight is 563 g/mol. The zero-order valence-corrected chi connectivity index (χ0v) is 21.5. The third kappa shape index (κ3) is 10.9. The number of hydrogen-bond donors (Lipinski definition) is 4. The summed E-state index contributed by atoms with van der Waals surface area (Å²) in [4.78, 5) is 21.0. The number of rotatable bonds is 9. The third-order valence-electron chi connectivity index (χ3n) is 4.74. The van der Waals surface area contributed by atoms with Gasteiger partial charge in [0.05, 0.1) is 34.0 Å². The van der Waals surface area contributed by atoms with E-state index < -0.39 is 13.9 Å². The van der Waals surface area contributed by atoms with Gasteiger partial charge in [-0.1, -0.05) is 7.43 Å². The quantitative estimate of drug-likeness (QED) is 0.0972. The summed E-state index contributed by atoms with van der Waals surface area (Å²) in [6.07, 6.45) is 0.455. The van der Waals surface area contributed by atoms with Gasteiger partial charge in [-0.05, 0) is 35.3 Å². The summed E-state index contributed by atoms with van der Waals surface area (Å²) in [5, 5.41) is 35.4. The topological polar surface area (TPSA) is 197 Å². The van der Waals surface area contributed by atoms with Gasteiger partial charge in [0.25, 0.3) is 0 Å². The van der Waals surface area contributed by atoms with Gasteiger partial charge in [-0.15, -0.1) is 0 Å². The molecule has 38 heavy (non-hydrogen) atoms. The lowest BCUT2D eigenvalue weighted by molar-refractivity contribution is -0.244. The number of hydrogen-bond acceptors (Lipinski definition) is 13. The second kappa shape index (κ2) is 17.9. The number of aryl methyl sites for hydroxylation is 1. The van der Waals surface area contributed by atoms with Crippen LogP contribution in [-0.2, 0) is 25.1 Å². The van der Waals surface area contributed by atoms with Crippen LogP contribution in [-0.4, -0.2) is 61.7 Å². The van der Waals surface area contributed by atoms with Gasteiger partial charge >= 0.3 is 13.9 Å². The maximum absolute atomic E-state index is 12.1. The molecule has 1 atom stereocenters. The first-order valence-corrected chi connectivity index (χ1v) is 11.6. The maximum Gasteiger partial charge on any atom is 0.521 e. The lowest BCUT2D eigenvalue weighted by atomic mass is 10.0. The largest absolute Gasteiger partial charge is 0.565 e. The molecule has 0 spiro atoms. The minimum atomic E-state index is -3.04. The lowest BCUT2D eigenvalue weighted by Gasteiger charge is -2.10. The van der Waals surface area contributed by atoms with E-state index in [2.05, 4.69) is 4.67 Å². The number of phenolic OH excluding ortho intramolecular Hbond substituents is 3. The Balaban J connectivity index is 0. The fraction of sp³-hybridized carbons (Fsp3) is 0.375. The summed E-state index contributed by atoms with van der Waals surface area (Å²) < 4.78 is 37.0. The summed E-state index contributed by atoms with van der Waals surface area (Å²) in [5.41, 5.74) is 1.30. The monoisotopic (exact) mass is 562 g/mol. The van der Waals surface area contributed by atoms with Crippen molar-refractivity contribution in [1.29, 1.82) is 0 Å². The molecule has 4 N–H and O–H groups in total. The minimum absolute atomic E-state index is 0. The molecule has 0 saturated heterocycles. The van der Waals surface area contributed by atoms with Crippen LogP contribution < -0.4 is 20.0 Å². The second-order valence-corrected chi connectivity index (χ2v) is 7.64. The van der Waals surface area contributed by atoms with Crippen LogP contribution in [0.1, 0.15) is 20.0 Å². The van der Waals surface area contributed by atoms with Gasteiger partial charge in [-0.25, -0.2) is 10.1 Å². The number of ether oxygens (including phenoxy) is 4. The molecule has 1 heterocycles. The van der Waals surface area contributed by atoms with Crippen LogP contribution in [0.15, 0.2) is 39.5 Å². The van der Waals surface area contributed by atoms with Crippen LogP contribution in [0, 0.1) is 6.92 Å². The van der Waals surface area contributed by atoms with Crippen molar-refractivity contribution in [3.63, 3.8) is 0 Å². The Morgan fingerprint density at radius 2 is 1.58 bits per heavy atom. The highest BCUT2D eigenvalue weighted by molar-refractivity contribution is 7.30. The van der Waals surface area contributed by atoms with E-state index in [9.17, 15) is 9.90 Å². The molecule has 0 aliphatic rings. The molecule has 1 unspecified atom stereocenters. The Morgan fingerprint density at radius 3 is 2.11 bits per heavy atom. The fourth-order valence-electron chi connectivity index (χ4n) is 2.95. The molecule has 0 fully saturated rings. The molecule has 0 aliphatic carbocycles. The molecule has 0 amide bonds. The smallest absolute Gasteiger partial charge is 0.521 e. The lowest BCUT2D eigenvalue weighted by Crippen LogP contribution is -2.14. The highest BCUT2D eigenvalue weighted by atomic mass is 31.1. The summed E-state index contributed by atoms with van der Waals surface area (Å²) in [5.74, 6) is 0.610. The number of benzene rings is 2. The first-order chi connectivity index (χ1) is 17.6. The zero-order valence-electron chi connectivity index (χ0n) is 20.6. The van der Waals surface area contributed by atoms with Gasteiger partial charge in [0.15, 0.2) is 23.0 Å². The van der Waals surface area contributed by atoms with Crippen molar-refractivity contribution < 1.29 is 59.5 Å². The molecule has 3 aromatic rings. The molecule has 3 rings (SSSR count). The highest BCUT2D eigenvalue weighted by Gasteiger charge is 2.14. The normalized spacial score (nSPS) is 10.3.